The van der Waals surface area contributed by atoms with Gasteiger partial charge in [-0.3, -0.25) is 0 Å². The molecule has 3 nitrogen and oxygen atoms in total. The average Bonchev–Trinajstić information content (AvgIpc) is 2.70. The molecule has 0 unspecified atom stereocenters. The molecule has 0 aliphatic carbocycles. The molecule has 0 aliphatic heterocycles. The second-order valence-electron chi connectivity index (χ2n) is 5.61. The first-order valence-electron chi connectivity index (χ1n) is 7.28. The lowest BCUT2D eigenvalue weighted by Crippen LogP contribution is -2.23. The molecule has 0 saturated heterocycles. The van der Waals surface area contributed by atoms with Crippen molar-refractivity contribution in [3.63, 3.8) is 0 Å². The molecule has 1 N–H and O–H groups in total. The molecule has 104 valence electrons. The molecule has 3 heteroatoms. The van der Waals surface area contributed by atoms with E-state index in [4.69, 9.17) is 4.98 Å². The summed E-state index contributed by atoms with van der Waals surface area (Å²) < 4.78 is 2.33. The van der Waals surface area contributed by atoms with E-state index in [2.05, 4.69) is 55.8 Å². The van der Waals surface area contributed by atoms with Crippen LogP contribution in [0.25, 0.3) is 11.0 Å². The van der Waals surface area contributed by atoms with Crippen LogP contribution in [0.5, 0.6) is 0 Å². The molecule has 0 bridgehead atoms. The van der Waals surface area contributed by atoms with E-state index >= 15 is 0 Å². The van der Waals surface area contributed by atoms with Crippen molar-refractivity contribution in [2.24, 2.45) is 5.92 Å². The van der Waals surface area contributed by atoms with Crippen molar-refractivity contribution in [1.82, 2.24) is 14.9 Å². The van der Waals surface area contributed by atoms with Gasteiger partial charge in [0.25, 0.3) is 0 Å². The molecule has 0 amide bonds. The normalized spacial score (nSPS) is 11.6. The lowest BCUT2D eigenvalue weighted by molar-refractivity contribution is 0.545. The zero-order valence-electron chi connectivity index (χ0n) is 12.5. The van der Waals surface area contributed by atoms with Crippen molar-refractivity contribution >= 4 is 11.0 Å². The number of benzene rings is 1. The summed E-state index contributed by atoms with van der Waals surface area (Å²) in [6.45, 7) is 11.8. The molecule has 0 fully saturated rings. The van der Waals surface area contributed by atoms with Gasteiger partial charge in [-0.1, -0.05) is 19.9 Å². The molecule has 1 heterocycles. The highest BCUT2D eigenvalue weighted by molar-refractivity contribution is 5.76. The Morgan fingerprint density at radius 2 is 2.11 bits per heavy atom. The molecule has 0 saturated carbocycles. The quantitative estimate of drug-likeness (QED) is 0.808. The number of hydrogen-bond donors (Lipinski definition) is 1. The Kier molecular flexibility index (Phi) is 4.59. The van der Waals surface area contributed by atoms with Crippen LogP contribution in [0.3, 0.4) is 0 Å². The second kappa shape index (κ2) is 6.20. The number of imidazole rings is 1. The third-order valence-electron chi connectivity index (χ3n) is 3.38. The monoisotopic (exact) mass is 259 g/mol. The molecule has 2 rings (SSSR count). The van der Waals surface area contributed by atoms with E-state index in [1.807, 2.05) is 0 Å². The standard InChI is InChI=1S/C16H25N3/c1-5-19-15-7-6-13(4)10-14(15)18-16(19)8-9-17-11-12(2)3/h6-7,10,12,17H,5,8-9,11H2,1-4H3. The Morgan fingerprint density at radius 1 is 1.32 bits per heavy atom. The minimum absolute atomic E-state index is 0.702. The first kappa shape index (κ1) is 14.1. The van der Waals surface area contributed by atoms with Gasteiger partial charge in [0.05, 0.1) is 11.0 Å². The summed E-state index contributed by atoms with van der Waals surface area (Å²) in [5.74, 6) is 1.90. The van der Waals surface area contributed by atoms with E-state index < -0.39 is 0 Å². The van der Waals surface area contributed by atoms with Crippen LogP contribution in [-0.2, 0) is 13.0 Å². The topological polar surface area (TPSA) is 29.9 Å². The van der Waals surface area contributed by atoms with Gasteiger partial charge in [0.1, 0.15) is 5.82 Å². The van der Waals surface area contributed by atoms with Crippen LogP contribution in [0.1, 0.15) is 32.2 Å². The van der Waals surface area contributed by atoms with Crippen LogP contribution in [0, 0.1) is 12.8 Å². The van der Waals surface area contributed by atoms with Gasteiger partial charge in [0, 0.05) is 19.5 Å². The highest BCUT2D eigenvalue weighted by atomic mass is 15.1. The number of hydrogen-bond acceptors (Lipinski definition) is 2. The zero-order chi connectivity index (χ0) is 13.8. The third-order valence-corrected chi connectivity index (χ3v) is 3.38. The molecule has 0 aliphatic rings. The third kappa shape index (κ3) is 3.35. The minimum atomic E-state index is 0.702. The summed E-state index contributed by atoms with van der Waals surface area (Å²) in [6, 6.07) is 6.52. The Morgan fingerprint density at radius 3 is 2.79 bits per heavy atom. The largest absolute Gasteiger partial charge is 0.328 e. The van der Waals surface area contributed by atoms with Gasteiger partial charge in [-0.05, 0) is 44.0 Å². The predicted octanol–water partition coefficient (Wildman–Crippen LogP) is 3.15. The fourth-order valence-electron chi connectivity index (χ4n) is 2.42. The summed E-state index contributed by atoms with van der Waals surface area (Å²) in [6.07, 6.45) is 0.994. The van der Waals surface area contributed by atoms with E-state index in [0.717, 1.165) is 31.6 Å². The minimum Gasteiger partial charge on any atom is -0.328 e. The van der Waals surface area contributed by atoms with Crippen LogP contribution in [-0.4, -0.2) is 22.6 Å². The Bertz CT molecular complexity index is 540. The fourth-order valence-corrected chi connectivity index (χ4v) is 2.42. The Labute approximate surface area is 116 Å². The summed E-state index contributed by atoms with van der Waals surface area (Å²) >= 11 is 0. The highest BCUT2D eigenvalue weighted by Crippen LogP contribution is 2.18. The SMILES string of the molecule is CCn1c(CCNCC(C)C)nc2cc(C)ccc21. The van der Waals surface area contributed by atoms with Gasteiger partial charge < -0.3 is 9.88 Å². The first-order chi connectivity index (χ1) is 9.11. The van der Waals surface area contributed by atoms with Gasteiger partial charge in [-0.15, -0.1) is 0 Å². The Balaban J connectivity index is 2.13. The van der Waals surface area contributed by atoms with Crippen LogP contribution in [0.2, 0.25) is 0 Å². The molecule has 1 aromatic heterocycles. The smallest absolute Gasteiger partial charge is 0.111 e. The lowest BCUT2D eigenvalue weighted by Gasteiger charge is -2.08. The number of aromatic nitrogens is 2. The Hall–Kier alpha value is -1.35. The van der Waals surface area contributed by atoms with Gasteiger partial charge in [-0.2, -0.15) is 0 Å². The molecule has 0 atom stereocenters. The number of nitrogens with one attached hydrogen (secondary N) is 1. The first-order valence-corrected chi connectivity index (χ1v) is 7.28. The number of nitrogens with zero attached hydrogens (tertiary/aromatic N) is 2. The van der Waals surface area contributed by atoms with Gasteiger partial charge in [0.15, 0.2) is 0 Å². The molecule has 19 heavy (non-hydrogen) atoms. The van der Waals surface area contributed by atoms with E-state index in [-0.39, 0.29) is 0 Å². The summed E-state index contributed by atoms with van der Waals surface area (Å²) in [5.41, 5.74) is 3.66. The molecular formula is C16H25N3. The van der Waals surface area contributed by atoms with Crippen molar-refractivity contribution in [1.29, 1.82) is 0 Å². The van der Waals surface area contributed by atoms with Crippen molar-refractivity contribution in [3.05, 3.63) is 29.6 Å². The summed E-state index contributed by atoms with van der Waals surface area (Å²) in [7, 11) is 0. The van der Waals surface area contributed by atoms with Crippen molar-refractivity contribution < 1.29 is 0 Å². The molecule has 1 aromatic carbocycles. The predicted molar refractivity (Wildman–Crippen MR) is 81.6 cm³/mol. The van der Waals surface area contributed by atoms with Crippen molar-refractivity contribution in [3.8, 4) is 0 Å². The number of rotatable bonds is 6. The van der Waals surface area contributed by atoms with Gasteiger partial charge in [-0.25, -0.2) is 4.98 Å². The second-order valence-corrected chi connectivity index (χ2v) is 5.61. The fraction of sp³-hybridized carbons (Fsp3) is 0.562. The van der Waals surface area contributed by atoms with E-state index in [0.29, 0.717) is 5.92 Å². The van der Waals surface area contributed by atoms with Gasteiger partial charge in [0.2, 0.25) is 0 Å². The van der Waals surface area contributed by atoms with Crippen molar-refractivity contribution in [2.75, 3.05) is 13.1 Å². The van der Waals surface area contributed by atoms with Crippen LogP contribution in [0.4, 0.5) is 0 Å². The maximum atomic E-state index is 4.78. The summed E-state index contributed by atoms with van der Waals surface area (Å²) in [5, 5.41) is 3.49. The van der Waals surface area contributed by atoms with Gasteiger partial charge >= 0.3 is 0 Å². The number of fused-ring (bicyclic) bond motifs is 1. The lowest BCUT2D eigenvalue weighted by atomic mass is 10.2. The molecule has 0 radical (unpaired) electrons. The van der Waals surface area contributed by atoms with E-state index in [1.165, 1.54) is 16.9 Å². The average molecular weight is 259 g/mol. The molecule has 0 spiro atoms. The van der Waals surface area contributed by atoms with Crippen LogP contribution >= 0.6 is 0 Å². The van der Waals surface area contributed by atoms with E-state index in [1.54, 1.807) is 0 Å². The zero-order valence-corrected chi connectivity index (χ0v) is 12.5. The summed E-state index contributed by atoms with van der Waals surface area (Å²) in [4.78, 5) is 4.78. The molecular weight excluding hydrogens is 234 g/mol. The molecule has 2 aromatic rings. The number of aryl methyl sites for hydroxylation is 2. The maximum Gasteiger partial charge on any atom is 0.111 e. The van der Waals surface area contributed by atoms with Crippen LogP contribution < -0.4 is 5.32 Å². The van der Waals surface area contributed by atoms with Crippen LogP contribution in [0.15, 0.2) is 18.2 Å². The highest BCUT2D eigenvalue weighted by Gasteiger charge is 2.09. The maximum absolute atomic E-state index is 4.78. The van der Waals surface area contributed by atoms with Crippen molar-refractivity contribution in [2.45, 2.75) is 40.7 Å². The van der Waals surface area contributed by atoms with E-state index in [9.17, 15) is 0 Å².